The fourth-order valence-corrected chi connectivity index (χ4v) is 1.63. The van der Waals surface area contributed by atoms with Crippen LogP contribution in [0.2, 0.25) is 0 Å². The fourth-order valence-electron chi connectivity index (χ4n) is 1.63. The molecule has 12 heavy (non-hydrogen) atoms. The standard InChI is InChI=1S/C8H15NO3/c1-9-3-2-7(10)6(5-9)4-8(11)12/h6-7,10H,2-5H2,1H3,(H,11,12)/t6-,7-/m0/s1. The second kappa shape index (κ2) is 3.87. The van der Waals surface area contributed by atoms with E-state index in [0.29, 0.717) is 13.0 Å². The molecule has 0 aromatic carbocycles. The highest BCUT2D eigenvalue weighted by Gasteiger charge is 2.27. The second-order valence-corrected chi connectivity index (χ2v) is 3.48. The van der Waals surface area contributed by atoms with Crippen molar-refractivity contribution < 1.29 is 15.0 Å². The first kappa shape index (κ1) is 9.48. The molecular formula is C8H15NO3. The summed E-state index contributed by atoms with van der Waals surface area (Å²) in [6.45, 7) is 1.55. The second-order valence-electron chi connectivity index (χ2n) is 3.48. The number of carboxylic acid groups (broad SMARTS) is 1. The van der Waals surface area contributed by atoms with Crippen LogP contribution in [0.4, 0.5) is 0 Å². The Morgan fingerprint density at radius 3 is 2.92 bits per heavy atom. The van der Waals surface area contributed by atoms with Crippen molar-refractivity contribution in [1.29, 1.82) is 0 Å². The van der Waals surface area contributed by atoms with Crippen LogP contribution in [-0.2, 0) is 4.79 Å². The highest BCUT2D eigenvalue weighted by Crippen LogP contribution is 2.18. The molecule has 0 spiro atoms. The van der Waals surface area contributed by atoms with Crippen LogP contribution in [0.15, 0.2) is 0 Å². The topological polar surface area (TPSA) is 60.8 Å². The Kier molecular flexibility index (Phi) is 3.05. The number of nitrogens with zero attached hydrogens (tertiary/aromatic N) is 1. The lowest BCUT2D eigenvalue weighted by Gasteiger charge is -2.32. The fraction of sp³-hybridized carbons (Fsp3) is 0.875. The smallest absolute Gasteiger partial charge is 0.303 e. The van der Waals surface area contributed by atoms with Gasteiger partial charge < -0.3 is 15.1 Å². The summed E-state index contributed by atoms with van der Waals surface area (Å²) < 4.78 is 0. The Hall–Kier alpha value is -0.610. The maximum absolute atomic E-state index is 10.4. The first-order chi connectivity index (χ1) is 5.59. The minimum atomic E-state index is -0.825. The van der Waals surface area contributed by atoms with Gasteiger partial charge >= 0.3 is 5.97 Å². The summed E-state index contributed by atoms with van der Waals surface area (Å²) in [7, 11) is 1.95. The highest BCUT2D eigenvalue weighted by atomic mass is 16.4. The van der Waals surface area contributed by atoms with Crippen molar-refractivity contribution in [3.05, 3.63) is 0 Å². The summed E-state index contributed by atoms with van der Waals surface area (Å²) >= 11 is 0. The SMILES string of the molecule is CN1CC[C@H](O)[C@@H](CC(=O)O)C1. The lowest BCUT2D eigenvalue weighted by atomic mass is 9.92. The van der Waals surface area contributed by atoms with Crippen LogP contribution in [0.25, 0.3) is 0 Å². The zero-order valence-electron chi connectivity index (χ0n) is 7.23. The number of aliphatic hydroxyl groups excluding tert-OH is 1. The lowest BCUT2D eigenvalue weighted by molar-refractivity contribution is -0.140. The van der Waals surface area contributed by atoms with E-state index in [9.17, 15) is 9.90 Å². The molecule has 0 bridgehead atoms. The molecule has 0 aromatic rings. The van der Waals surface area contributed by atoms with Crippen LogP contribution < -0.4 is 0 Å². The maximum Gasteiger partial charge on any atom is 0.303 e. The van der Waals surface area contributed by atoms with E-state index in [1.807, 2.05) is 7.05 Å². The third-order valence-electron chi connectivity index (χ3n) is 2.33. The van der Waals surface area contributed by atoms with Crippen molar-refractivity contribution in [3.63, 3.8) is 0 Å². The van der Waals surface area contributed by atoms with E-state index in [1.54, 1.807) is 0 Å². The number of aliphatic hydroxyl groups is 1. The molecule has 1 aliphatic rings. The Bertz CT molecular complexity index is 172. The van der Waals surface area contributed by atoms with Crippen molar-refractivity contribution >= 4 is 5.97 Å². The van der Waals surface area contributed by atoms with E-state index in [0.717, 1.165) is 6.54 Å². The number of likely N-dealkylation sites (tertiary alicyclic amines) is 1. The van der Waals surface area contributed by atoms with Gasteiger partial charge in [0.25, 0.3) is 0 Å². The predicted molar refractivity (Wildman–Crippen MR) is 43.9 cm³/mol. The number of piperidine rings is 1. The number of rotatable bonds is 2. The molecule has 1 saturated heterocycles. The number of carboxylic acids is 1. The highest BCUT2D eigenvalue weighted by molar-refractivity contribution is 5.67. The van der Waals surface area contributed by atoms with Crippen molar-refractivity contribution in [2.24, 2.45) is 5.92 Å². The molecule has 1 heterocycles. The Morgan fingerprint density at radius 1 is 1.67 bits per heavy atom. The summed E-state index contributed by atoms with van der Waals surface area (Å²) in [6, 6.07) is 0. The summed E-state index contributed by atoms with van der Waals surface area (Å²) in [5, 5.41) is 18.0. The van der Waals surface area contributed by atoms with Crippen molar-refractivity contribution in [1.82, 2.24) is 4.90 Å². The zero-order valence-corrected chi connectivity index (χ0v) is 7.23. The molecular weight excluding hydrogens is 158 g/mol. The summed E-state index contributed by atoms with van der Waals surface area (Å²) in [4.78, 5) is 12.4. The minimum absolute atomic E-state index is 0.0749. The molecule has 0 aliphatic carbocycles. The van der Waals surface area contributed by atoms with Crippen molar-refractivity contribution in [2.45, 2.75) is 18.9 Å². The van der Waals surface area contributed by atoms with E-state index < -0.39 is 12.1 Å². The van der Waals surface area contributed by atoms with Gasteiger partial charge in [0.2, 0.25) is 0 Å². The lowest BCUT2D eigenvalue weighted by Crippen LogP contribution is -2.41. The molecule has 1 rings (SSSR count). The molecule has 0 unspecified atom stereocenters. The summed E-state index contributed by atoms with van der Waals surface area (Å²) in [6.07, 6.45) is 0.331. The summed E-state index contributed by atoms with van der Waals surface area (Å²) in [5.41, 5.74) is 0. The predicted octanol–water partition coefficient (Wildman–Crippen LogP) is -0.226. The Morgan fingerprint density at radius 2 is 2.33 bits per heavy atom. The van der Waals surface area contributed by atoms with Gasteiger partial charge in [-0.25, -0.2) is 0 Å². The molecule has 0 saturated carbocycles. The van der Waals surface area contributed by atoms with Crippen LogP contribution >= 0.6 is 0 Å². The van der Waals surface area contributed by atoms with Gasteiger partial charge in [-0.15, -0.1) is 0 Å². The minimum Gasteiger partial charge on any atom is -0.481 e. The van der Waals surface area contributed by atoms with Gasteiger partial charge in [-0.2, -0.15) is 0 Å². The Labute approximate surface area is 71.8 Å². The number of carbonyl (C=O) groups is 1. The van der Waals surface area contributed by atoms with Crippen LogP contribution in [0.5, 0.6) is 0 Å². The van der Waals surface area contributed by atoms with Gasteiger partial charge in [0.1, 0.15) is 0 Å². The Balaban J connectivity index is 2.43. The first-order valence-corrected chi connectivity index (χ1v) is 4.18. The zero-order chi connectivity index (χ0) is 9.14. The molecule has 2 N–H and O–H groups in total. The van der Waals surface area contributed by atoms with E-state index in [-0.39, 0.29) is 12.3 Å². The molecule has 4 heteroatoms. The molecule has 2 atom stereocenters. The van der Waals surface area contributed by atoms with Crippen LogP contribution in [0.1, 0.15) is 12.8 Å². The van der Waals surface area contributed by atoms with Crippen molar-refractivity contribution in [3.8, 4) is 0 Å². The van der Waals surface area contributed by atoms with E-state index in [2.05, 4.69) is 4.90 Å². The third-order valence-corrected chi connectivity index (χ3v) is 2.33. The first-order valence-electron chi connectivity index (χ1n) is 4.18. The molecule has 0 radical (unpaired) electrons. The maximum atomic E-state index is 10.4. The molecule has 1 fully saturated rings. The van der Waals surface area contributed by atoms with Crippen LogP contribution in [0, 0.1) is 5.92 Å². The van der Waals surface area contributed by atoms with E-state index in [1.165, 1.54) is 0 Å². The molecule has 1 aliphatic heterocycles. The van der Waals surface area contributed by atoms with Gasteiger partial charge in [-0.1, -0.05) is 0 Å². The summed E-state index contributed by atoms with van der Waals surface area (Å²) in [5.74, 6) is -0.921. The van der Waals surface area contributed by atoms with Gasteiger partial charge in [0, 0.05) is 19.0 Å². The van der Waals surface area contributed by atoms with Gasteiger partial charge in [0.05, 0.1) is 12.5 Å². The van der Waals surface area contributed by atoms with E-state index >= 15 is 0 Å². The van der Waals surface area contributed by atoms with Gasteiger partial charge in [-0.05, 0) is 13.5 Å². The molecule has 70 valence electrons. The largest absolute Gasteiger partial charge is 0.481 e. The quantitative estimate of drug-likeness (QED) is 0.605. The van der Waals surface area contributed by atoms with Crippen LogP contribution in [0.3, 0.4) is 0 Å². The molecule has 0 amide bonds. The third kappa shape index (κ3) is 2.46. The number of hydrogen-bond acceptors (Lipinski definition) is 3. The molecule has 4 nitrogen and oxygen atoms in total. The number of aliphatic carboxylic acids is 1. The van der Waals surface area contributed by atoms with Gasteiger partial charge in [-0.3, -0.25) is 4.79 Å². The van der Waals surface area contributed by atoms with Crippen molar-refractivity contribution in [2.75, 3.05) is 20.1 Å². The van der Waals surface area contributed by atoms with Gasteiger partial charge in [0.15, 0.2) is 0 Å². The molecule has 0 aromatic heterocycles. The monoisotopic (exact) mass is 173 g/mol. The van der Waals surface area contributed by atoms with Crippen LogP contribution in [-0.4, -0.2) is 47.3 Å². The number of hydrogen-bond donors (Lipinski definition) is 2. The normalized spacial score (nSPS) is 31.8. The van der Waals surface area contributed by atoms with E-state index in [4.69, 9.17) is 5.11 Å². The average Bonchev–Trinajstić information content (AvgIpc) is 1.96. The average molecular weight is 173 g/mol.